The summed E-state index contributed by atoms with van der Waals surface area (Å²) in [7, 11) is 1.71. The van der Waals surface area contributed by atoms with Crippen LogP contribution in [0.15, 0.2) is 22.7 Å². The summed E-state index contributed by atoms with van der Waals surface area (Å²) in [4.78, 5) is 0. The molecule has 0 saturated heterocycles. The van der Waals surface area contributed by atoms with Crippen LogP contribution in [0.3, 0.4) is 0 Å². The molecule has 0 heterocycles. The van der Waals surface area contributed by atoms with E-state index in [9.17, 15) is 0 Å². The number of methoxy groups -OCH3 is 1. The molecule has 1 unspecified atom stereocenters. The second-order valence-corrected chi connectivity index (χ2v) is 6.28. The van der Waals surface area contributed by atoms with Crippen LogP contribution in [0.5, 0.6) is 5.75 Å². The van der Waals surface area contributed by atoms with Gasteiger partial charge in [0.25, 0.3) is 0 Å². The quantitative estimate of drug-likeness (QED) is 0.785. The van der Waals surface area contributed by atoms with Crippen molar-refractivity contribution in [3.8, 4) is 5.75 Å². The number of ether oxygens (including phenoxy) is 1. The lowest BCUT2D eigenvalue weighted by Gasteiger charge is -2.31. The van der Waals surface area contributed by atoms with Gasteiger partial charge in [-0.3, -0.25) is 0 Å². The molecule has 1 aliphatic rings. The lowest BCUT2D eigenvalue weighted by atomic mass is 9.79. The van der Waals surface area contributed by atoms with E-state index >= 15 is 0 Å². The highest BCUT2D eigenvalue weighted by Crippen LogP contribution is 2.37. The van der Waals surface area contributed by atoms with E-state index in [2.05, 4.69) is 46.4 Å². The standard InChI is InChI=1S/C16H24BrNO/c1-3-9-18-16(10-12-5-4-6-12)14-8-7-13(19-2)11-15(14)17/h7-8,11-12,16,18H,3-6,9-10H2,1-2H3. The van der Waals surface area contributed by atoms with Gasteiger partial charge >= 0.3 is 0 Å². The van der Waals surface area contributed by atoms with Crippen LogP contribution in [0, 0.1) is 5.92 Å². The lowest BCUT2D eigenvalue weighted by molar-refractivity contribution is 0.261. The SMILES string of the molecule is CCCNC(CC1CCC1)c1ccc(OC)cc1Br. The van der Waals surface area contributed by atoms with Gasteiger partial charge in [-0.05, 0) is 43.0 Å². The van der Waals surface area contributed by atoms with Crippen LogP contribution in [0.2, 0.25) is 0 Å². The first-order valence-corrected chi connectivity index (χ1v) is 8.10. The van der Waals surface area contributed by atoms with Gasteiger partial charge in [0.2, 0.25) is 0 Å². The predicted octanol–water partition coefficient (Wildman–Crippen LogP) is 4.69. The molecule has 0 bridgehead atoms. The molecule has 1 saturated carbocycles. The van der Waals surface area contributed by atoms with Crippen LogP contribution < -0.4 is 10.1 Å². The molecule has 0 aliphatic heterocycles. The van der Waals surface area contributed by atoms with E-state index < -0.39 is 0 Å². The molecule has 19 heavy (non-hydrogen) atoms. The van der Waals surface area contributed by atoms with Crippen LogP contribution in [0.1, 0.15) is 50.6 Å². The third-order valence-electron chi connectivity index (χ3n) is 4.02. The van der Waals surface area contributed by atoms with E-state index in [1.807, 2.05) is 0 Å². The number of nitrogens with one attached hydrogen (secondary N) is 1. The molecular weight excluding hydrogens is 302 g/mol. The monoisotopic (exact) mass is 325 g/mol. The number of hydrogen-bond donors (Lipinski definition) is 1. The fourth-order valence-electron chi connectivity index (χ4n) is 2.62. The molecule has 1 aromatic carbocycles. The summed E-state index contributed by atoms with van der Waals surface area (Å²) in [5.41, 5.74) is 1.36. The van der Waals surface area contributed by atoms with Crippen molar-refractivity contribution in [1.82, 2.24) is 5.32 Å². The zero-order chi connectivity index (χ0) is 13.7. The Balaban J connectivity index is 2.10. The van der Waals surface area contributed by atoms with Gasteiger partial charge in [0.1, 0.15) is 5.75 Å². The Labute approximate surface area is 125 Å². The average Bonchev–Trinajstić information content (AvgIpc) is 2.37. The maximum atomic E-state index is 5.27. The highest BCUT2D eigenvalue weighted by atomic mass is 79.9. The minimum atomic E-state index is 0.463. The zero-order valence-electron chi connectivity index (χ0n) is 11.9. The van der Waals surface area contributed by atoms with Gasteiger partial charge in [-0.1, -0.05) is 48.2 Å². The van der Waals surface area contributed by atoms with Gasteiger partial charge in [0.15, 0.2) is 0 Å². The summed E-state index contributed by atoms with van der Waals surface area (Å²) >= 11 is 3.69. The molecule has 0 amide bonds. The summed E-state index contributed by atoms with van der Waals surface area (Å²) in [6, 6.07) is 6.78. The molecule has 0 spiro atoms. The molecule has 0 radical (unpaired) electrons. The largest absolute Gasteiger partial charge is 0.497 e. The van der Waals surface area contributed by atoms with Crippen LogP contribution in [-0.4, -0.2) is 13.7 Å². The van der Waals surface area contributed by atoms with Gasteiger partial charge in [0, 0.05) is 10.5 Å². The number of rotatable bonds is 7. The Morgan fingerprint density at radius 2 is 2.21 bits per heavy atom. The Morgan fingerprint density at radius 3 is 2.74 bits per heavy atom. The van der Waals surface area contributed by atoms with Gasteiger partial charge in [0.05, 0.1) is 7.11 Å². The smallest absolute Gasteiger partial charge is 0.120 e. The summed E-state index contributed by atoms with van der Waals surface area (Å²) in [5, 5.41) is 3.69. The van der Waals surface area contributed by atoms with E-state index in [0.717, 1.165) is 22.7 Å². The number of halogens is 1. The number of benzene rings is 1. The van der Waals surface area contributed by atoms with Gasteiger partial charge in [-0.15, -0.1) is 0 Å². The van der Waals surface area contributed by atoms with Crippen LogP contribution in [0.25, 0.3) is 0 Å². The maximum absolute atomic E-state index is 5.27. The molecule has 0 aromatic heterocycles. The Kier molecular flexibility index (Phi) is 5.71. The van der Waals surface area contributed by atoms with Gasteiger partial charge in [-0.25, -0.2) is 0 Å². The van der Waals surface area contributed by atoms with Crippen LogP contribution >= 0.6 is 15.9 Å². The van der Waals surface area contributed by atoms with Crippen molar-refractivity contribution in [3.63, 3.8) is 0 Å². The number of hydrogen-bond acceptors (Lipinski definition) is 2. The normalized spacial score (nSPS) is 17.0. The van der Waals surface area contributed by atoms with Crippen LogP contribution in [0.4, 0.5) is 0 Å². The van der Waals surface area contributed by atoms with Crippen molar-refractivity contribution in [2.24, 2.45) is 5.92 Å². The van der Waals surface area contributed by atoms with Crippen molar-refractivity contribution < 1.29 is 4.74 Å². The topological polar surface area (TPSA) is 21.3 Å². The summed E-state index contributed by atoms with van der Waals surface area (Å²) < 4.78 is 6.43. The third kappa shape index (κ3) is 3.96. The van der Waals surface area contributed by atoms with E-state index in [-0.39, 0.29) is 0 Å². The first-order chi connectivity index (χ1) is 9.24. The van der Waals surface area contributed by atoms with Crippen molar-refractivity contribution >= 4 is 15.9 Å². The summed E-state index contributed by atoms with van der Waals surface area (Å²) in [5.74, 6) is 1.82. The van der Waals surface area contributed by atoms with Crippen molar-refractivity contribution in [2.45, 2.75) is 45.1 Å². The van der Waals surface area contributed by atoms with Gasteiger partial charge in [-0.2, -0.15) is 0 Å². The highest BCUT2D eigenvalue weighted by molar-refractivity contribution is 9.10. The molecule has 2 rings (SSSR count). The Hall–Kier alpha value is -0.540. The highest BCUT2D eigenvalue weighted by Gasteiger charge is 2.24. The zero-order valence-corrected chi connectivity index (χ0v) is 13.5. The predicted molar refractivity (Wildman–Crippen MR) is 83.7 cm³/mol. The van der Waals surface area contributed by atoms with Crippen LogP contribution in [-0.2, 0) is 0 Å². The van der Waals surface area contributed by atoms with E-state index in [0.29, 0.717) is 6.04 Å². The first-order valence-electron chi connectivity index (χ1n) is 7.31. The fourth-order valence-corrected chi connectivity index (χ4v) is 3.25. The van der Waals surface area contributed by atoms with E-state index in [1.165, 1.54) is 37.7 Å². The molecule has 1 aliphatic carbocycles. The molecule has 1 N–H and O–H groups in total. The van der Waals surface area contributed by atoms with E-state index in [1.54, 1.807) is 7.11 Å². The summed E-state index contributed by atoms with van der Waals surface area (Å²) in [6.45, 7) is 3.30. The Morgan fingerprint density at radius 1 is 1.42 bits per heavy atom. The van der Waals surface area contributed by atoms with Crippen molar-refractivity contribution in [2.75, 3.05) is 13.7 Å². The Bertz CT molecular complexity index is 404. The molecular formula is C16H24BrNO. The summed E-state index contributed by atoms with van der Waals surface area (Å²) in [6.07, 6.45) is 6.64. The van der Waals surface area contributed by atoms with Gasteiger partial charge < -0.3 is 10.1 Å². The molecule has 2 nitrogen and oxygen atoms in total. The van der Waals surface area contributed by atoms with Crippen molar-refractivity contribution in [1.29, 1.82) is 0 Å². The van der Waals surface area contributed by atoms with E-state index in [4.69, 9.17) is 4.74 Å². The molecule has 1 aromatic rings. The third-order valence-corrected chi connectivity index (χ3v) is 4.70. The molecule has 1 atom stereocenters. The van der Waals surface area contributed by atoms with Crippen molar-refractivity contribution in [3.05, 3.63) is 28.2 Å². The molecule has 1 fully saturated rings. The second-order valence-electron chi connectivity index (χ2n) is 5.43. The minimum Gasteiger partial charge on any atom is -0.497 e. The minimum absolute atomic E-state index is 0.463. The molecule has 106 valence electrons. The fraction of sp³-hybridized carbons (Fsp3) is 0.625. The maximum Gasteiger partial charge on any atom is 0.120 e. The average molecular weight is 326 g/mol. The lowest BCUT2D eigenvalue weighted by Crippen LogP contribution is -2.27. The first kappa shape index (κ1) is 14.9. The molecule has 3 heteroatoms. The second kappa shape index (κ2) is 7.30.